The van der Waals surface area contributed by atoms with Gasteiger partial charge in [-0.2, -0.15) is 0 Å². The second kappa shape index (κ2) is 7.06. The molecule has 1 aliphatic heterocycles. The third kappa shape index (κ3) is 4.05. The van der Waals surface area contributed by atoms with Crippen molar-refractivity contribution in [3.8, 4) is 5.88 Å². The number of carbonyl (C=O) groups excluding carboxylic acids is 1. The van der Waals surface area contributed by atoms with Crippen LogP contribution in [-0.4, -0.2) is 30.2 Å². The number of hydrogen-bond donors (Lipinski definition) is 1. The molecular weight excluding hydrogens is 367 g/mol. The van der Waals surface area contributed by atoms with Gasteiger partial charge < -0.3 is 14.8 Å². The van der Waals surface area contributed by atoms with E-state index in [1.165, 1.54) is 24.4 Å². The highest BCUT2D eigenvalue weighted by atomic mass is 79.9. The molecule has 0 spiro atoms. The van der Waals surface area contributed by atoms with Crippen molar-refractivity contribution >= 4 is 27.5 Å². The molecule has 1 unspecified atom stereocenters. The normalized spacial score (nSPS) is 17.0. The number of carbonyl (C=O) groups is 1. The Hall–Kier alpha value is -1.99. The van der Waals surface area contributed by atoms with Crippen LogP contribution in [0.15, 0.2) is 41.0 Å². The summed E-state index contributed by atoms with van der Waals surface area (Å²) in [6, 6.07) is 7.22. The summed E-state index contributed by atoms with van der Waals surface area (Å²) in [6.07, 6.45) is 2.28. The molecule has 1 aromatic heterocycles. The predicted molar refractivity (Wildman–Crippen MR) is 86.1 cm³/mol. The first-order chi connectivity index (χ1) is 11.1. The third-order valence-corrected chi connectivity index (χ3v) is 4.01. The van der Waals surface area contributed by atoms with Gasteiger partial charge in [0.25, 0.3) is 5.91 Å². The maximum absolute atomic E-state index is 13.1. The van der Waals surface area contributed by atoms with Gasteiger partial charge >= 0.3 is 0 Å². The SMILES string of the molecule is O=C(Nc1ccc(F)cc1Br)c1ccnc(OC2CCOC2)c1. The Morgan fingerprint density at radius 3 is 3.00 bits per heavy atom. The van der Waals surface area contributed by atoms with E-state index in [0.29, 0.717) is 34.8 Å². The number of nitrogens with zero attached hydrogens (tertiary/aromatic N) is 1. The lowest BCUT2D eigenvalue weighted by Crippen LogP contribution is -2.17. The van der Waals surface area contributed by atoms with Crippen LogP contribution in [0.1, 0.15) is 16.8 Å². The molecule has 5 nitrogen and oxygen atoms in total. The van der Waals surface area contributed by atoms with Crippen LogP contribution in [0.3, 0.4) is 0 Å². The second-order valence-corrected chi connectivity index (χ2v) is 5.92. The van der Waals surface area contributed by atoms with E-state index in [1.807, 2.05) is 0 Å². The van der Waals surface area contributed by atoms with Crippen molar-refractivity contribution in [1.82, 2.24) is 4.98 Å². The zero-order chi connectivity index (χ0) is 16.2. The van der Waals surface area contributed by atoms with Crippen LogP contribution in [0.4, 0.5) is 10.1 Å². The molecule has 7 heteroatoms. The summed E-state index contributed by atoms with van der Waals surface area (Å²) in [5, 5.41) is 2.71. The molecule has 1 amide bonds. The lowest BCUT2D eigenvalue weighted by atomic mass is 10.2. The maximum atomic E-state index is 13.1. The molecule has 2 heterocycles. The van der Waals surface area contributed by atoms with Crippen LogP contribution >= 0.6 is 15.9 Å². The Labute approximate surface area is 140 Å². The summed E-state index contributed by atoms with van der Waals surface area (Å²) in [7, 11) is 0. The van der Waals surface area contributed by atoms with E-state index in [0.717, 1.165) is 6.42 Å². The zero-order valence-corrected chi connectivity index (χ0v) is 13.7. The van der Waals surface area contributed by atoms with Crippen LogP contribution in [0.2, 0.25) is 0 Å². The van der Waals surface area contributed by atoms with Gasteiger partial charge in [-0.25, -0.2) is 9.37 Å². The van der Waals surface area contributed by atoms with Crippen molar-refractivity contribution in [2.45, 2.75) is 12.5 Å². The third-order valence-electron chi connectivity index (χ3n) is 3.35. The van der Waals surface area contributed by atoms with Crippen LogP contribution in [0.5, 0.6) is 5.88 Å². The molecule has 1 atom stereocenters. The minimum atomic E-state index is -0.381. The smallest absolute Gasteiger partial charge is 0.255 e. The minimum absolute atomic E-state index is 0.0351. The molecule has 0 bridgehead atoms. The van der Waals surface area contributed by atoms with Crippen molar-refractivity contribution < 1.29 is 18.7 Å². The minimum Gasteiger partial charge on any atom is -0.472 e. The quantitative estimate of drug-likeness (QED) is 0.882. The number of halogens is 2. The standard InChI is InChI=1S/C16H14BrFN2O3/c17-13-8-11(18)1-2-14(13)20-16(21)10-3-5-19-15(7-10)23-12-4-6-22-9-12/h1-3,5,7-8,12H,4,6,9H2,(H,20,21). The molecule has 3 rings (SSSR count). The average molecular weight is 381 g/mol. The number of anilines is 1. The Kier molecular flexibility index (Phi) is 4.88. The first-order valence-corrected chi connectivity index (χ1v) is 7.88. The molecule has 1 aliphatic rings. The van der Waals surface area contributed by atoms with Crippen molar-refractivity contribution in [2.24, 2.45) is 0 Å². The van der Waals surface area contributed by atoms with E-state index >= 15 is 0 Å². The molecule has 120 valence electrons. The van der Waals surface area contributed by atoms with Gasteiger partial charge in [-0.15, -0.1) is 0 Å². The first kappa shape index (κ1) is 15.9. The molecule has 1 N–H and O–H groups in total. The summed E-state index contributed by atoms with van der Waals surface area (Å²) >= 11 is 3.22. The molecule has 1 saturated heterocycles. The van der Waals surface area contributed by atoms with Gasteiger partial charge in [0, 0.05) is 28.7 Å². The highest BCUT2D eigenvalue weighted by Crippen LogP contribution is 2.24. The first-order valence-electron chi connectivity index (χ1n) is 7.08. The number of pyridine rings is 1. The van der Waals surface area contributed by atoms with Crippen LogP contribution in [0, 0.1) is 5.82 Å². The Morgan fingerprint density at radius 2 is 2.26 bits per heavy atom. The van der Waals surface area contributed by atoms with E-state index in [-0.39, 0.29) is 17.8 Å². The molecule has 2 aromatic rings. The fourth-order valence-electron chi connectivity index (χ4n) is 2.18. The van der Waals surface area contributed by atoms with Gasteiger partial charge in [-0.1, -0.05) is 0 Å². The molecule has 0 radical (unpaired) electrons. The number of benzene rings is 1. The highest BCUT2D eigenvalue weighted by molar-refractivity contribution is 9.10. The highest BCUT2D eigenvalue weighted by Gasteiger charge is 2.18. The molecular formula is C16H14BrFN2O3. The summed E-state index contributed by atoms with van der Waals surface area (Å²) in [6.45, 7) is 1.20. The van der Waals surface area contributed by atoms with Gasteiger partial charge in [0.15, 0.2) is 0 Å². The van der Waals surface area contributed by atoms with Gasteiger partial charge in [-0.3, -0.25) is 4.79 Å². The largest absolute Gasteiger partial charge is 0.472 e. The molecule has 0 saturated carbocycles. The number of amides is 1. The summed E-state index contributed by atoms with van der Waals surface area (Å²) in [5.74, 6) is -0.327. The fraction of sp³-hybridized carbons (Fsp3) is 0.250. The van der Waals surface area contributed by atoms with E-state index in [1.54, 1.807) is 12.1 Å². The Bertz CT molecular complexity index is 720. The molecule has 1 aromatic carbocycles. The summed E-state index contributed by atoms with van der Waals surface area (Å²) in [5.41, 5.74) is 0.894. The van der Waals surface area contributed by atoms with Crippen molar-refractivity contribution in [3.63, 3.8) is 0 Å². The number of hydrogen-bond acceptors (Lipinski definition) is 4. The Morgan fingerprint density at radius 1 is 1.39 bits per heavy atom. The second-order valence-electron chi connectivity index (χ2n) is 5.06. The lowest BCUT2D eigenvalue weighted by Gasteiger charge is -2.12. The van der Waals surface area contributed by atoms with Crippen LogP contribution < -0.4 is 10.1 Å². The fourth-order valence-corrected chi connectivity index (χ4v) is 2.63. The predicted octanol–water partition coefficient (Wildman–Crippen LogP) is 3.40. The van der Waals surface area contributed by atoms with Crippen molar-refractivity contribution in [3.05, 3.63) is 52.4 Å². The van der Waals surface area contributed by atoms with E-state index < -0.39 is 0 Å². The molecule has 23 heavy (non-hydrogen) atoms. The lowest BCUT2D eigenvalue weighted by molar-refractivity contribution is 0.102. The van der Waals surface area contributed by atoms with Crippen LogP contribution in [0.25, 0.3) is 0 Å². The van der Waals surface area contributed by atoms with Gasteiger partial charge in [0.05, 0.1) is 18.9 Å². The van der Waals surface area contributed by atoms with E-state index in [9.17, 15) is 9.18 Å². The van der Waals surface area contributed by atoms with Crippen LogP contribution in [-0.2, 0) is 4.74 Å². The number of rotatable bonds is 4. The number of nitrogens with one attached hydrogen (secondary N) is 1. The van der Waals surface area contributed by atoms with Crippen molar-refractivity contribution in [1.29, 1.82) is 0 Å². The van der Waals surface area contributed by atoms with Gasteiger partial charge in [0.2, 0.25) is 5.88 Å². The summed E-state index contributed by atoms with van der Waals surface area (Å²) in [4.78, 5) is 16.4. The average Bonchev–Trinajstić information content (AvgIpc) is 3.03. The van der Waals surface area contributed by atoms with Gasteiger partial charge in [0.1, 0.15) is 11.9 Å². The molecule has 0 aliphatic carbocycles. The number of ether oxygens (including phenoxy) is 2. The van der Waals surface area contributed by atoms with E-state index in [4.69, 9.17) is 9.47 Å². The van der Waals surface area contributed by atoms with Gasteiger partial charge in [-0.05, 0) is 40.2 Å². The number of aromatic nitrogens is 1. The zero-order valence-electron chi connectivity index (χ0n) is 12.1. The molecule has 1 fully saturated rings. The van der Waals surface area contributed by atoms with E-state index in [2.05, 4.69) is 26.2 Å². The summed E-state index contributed by atoms with van der Waals surface area (Å²) < 4.78 is 24.5. The topological polar surface area (TPSA) is 60.5 Å². The van der Waals surface area contributed by atoms with Crippen molar-refractivity contribution in [2.75, 3.05) is 18.5 Å². The Balaban J connectivity index is 1.71. The monoisotopic (exact) mass is 380 g/mol. The maximum Gasteiger partial charge on any atom is 0.255 e.